The topological polar surface area (TPSA) is 68.5 Å². The number of rotatable bonds is 11. The minimum Gasteiger partial charge on any atom is -0.477 e. The molecular weight excluding hydrogens is 476 g/mol. The van der Waals surface area contributed by atoms with Crippen LogP contribution in [0.3, 0.4) is 0 Å². The van der Waals surface area contributed by atoms with Crippen LogP contribution < -0.4 is 10.2 Å². The molecule has 5 rings (SSSR count). The first-order valence-corrected chi connectivity index (χ1v) is 12.9. The fourth-order valence-electron chi connectivity index (χ4n) is 5.53. The fraction of sp³-hybridized carbons (Fsp3) is 0.400. The zero-order valence-corrected chi connectivity index (χ0v) is 20.9. The highest BCUT2D eigenvalue weighted by Gasteiger charge is 2.43. The number of carboxylic acids is 1. The number of hydrogen-bond acceptors (Lipinski definition) is 3. The number of carbonyl (C=O) groups is 1. The first-order valence-electron chi connectivity index (χ1n) is 12.9. The Morgan fingerprint density at radius 2 is 2.03 bits per heavy atom. The number of aryl methyl sites for hydroxylation is 1. The second-order valence-electron chi connectivity index (χ2n) is 10.2. The van der Waals surface area contributed by atoms with E-state index in [-0.39, 0.29) is 33.7 Å². The van der Waals surface area contributed by atoms with Crippen molar-refractivity contribution in [3.8, 4) is 16.9 Å². The van der Waals surface area contributed by atoms with Crippen LogP contribution in [0.5, 0.6) is 5.75 Å². The summed E-state index contributed by atoms with van der Waals surface area (Å²) in [5.74, 6) is -1.43. The lowest BCUT2D eigenvalue weighted by Crippen LogP contribution is -2.19. The number of nitrogens with zero attached hydrogens (tertiary/aromatic N) is 1. The number of unbranched alkanes of at least 4 members (excludes halogenated alkanes) is 1. The van der Waals surface area contributed by atoms with Crippen LogP contribution in [0.2, 0.25) is 0 Å². The molecule has 0 aliphatic heterocycles. The van der Waals surface area contributed by atoms with E-state index >= 15 is 0 Å². The summed E-state index contributed by atoms with van der Waals surface area (Å²) in [4.78, 5) is 24.7. The number of aromatic nitrogens is 1. The number of allylic oxidation sites excluding steroid dienone is 1. The number of ether oxygens (including phenoxy) is 1. The Kier molecular flexibility index (Phi) is 6.65. The number of halogens is 2. The molecule has 0 saturated heterocycles. The predicted molar refractivity (Wildman–Crippen MR) is 140 cm³/mol. The van der Waals surface area contributed by atoms with Crippen LogP contribution in [-0.2, 0) is 11.8 Å². The van der Waals surface area contributed by atoms with E-state index < -0.39 is 18.0 Å². The summed E-state index contributed by atoms with van der Waals surface area (Å²) in [5, 5.41) is 9.63. The molecule has 1 heterocycles. The van der Waals surface area contributed by atoms with Gasteiger partial charge < -0.3 is 14.4 Å². The molecule has 0 radical (unpaired) electrons. The van der Waals surface area contributed by atoms with Gasteiger partial charge in [0.15, 0.2) is 5.75 Å². The van der Waals surface area contributed by atoms with Gasteiger partial charge in [-0.3, -0.25) is 4.79 Å². The summed E-state index contributed by atoms with van der Waals surface area (Å²) in [7, 11) is 0. The van der Waals surface area contributed by atoms with Gasteiger partial charge in [0.25, 0.3) is 0 Å². The average Bonchev–Trinajstić information content (AvgIpc) is 3.79. The molecule has 0 bridgehead atoms. The van der Waals surface area contributed by atoms with Crippen molar-refractivity contribution < 1.29 is 23.4 Å². The summed E-state index contributed by atoms with van der Waals surface area (Å²) in [6, 6.07) is 9.21. The highest BCUT2D eigenvalue weighted by atomic mass is 19.3. The molecule has 37 heavy (non-hydrogen) atoms. The maximum Gasteiger partial charge on any atom is 0.387 e. The summed E-state index contributed by atoms with van der Waals surface area (Å²) < 4.78 is 34.2. The summed E-state index contributed by atoms with van der Waals surface area (Å²) >= 11 is 0. The molecule has 2 aliphatic carbocycles. The van der Waals surface area contributed by atoms with Crippen molar-refractivity contribution in [2.45, 2.75) is 76.4 Å². The van der Waals surface area contributed by atoms with E-state index in [0.29, 0.717) is 5.56 Å². The van der Waals surface area contributed by atoms with E-state index in [1.54, 1.807) is 10.6 Å². The van der Waals surface area contributed by atoms with Crippen molar-refractivity contribution in [3.05, 3.63) is 76.1 Å². The van der Waals surface area contributed by atoms with Crippen LogP contribution in [0.25, 0.3) is 22.0 Å². The van der Waals surface area contributed by atoms with Gasteiger partial charge in [-0.25, -0.2) is 4.79 Å². The van der Waals surface area contributed by atoms with E-state index in [2.05, 4.69) is 25.6 Å². The smallest absolute Gasteiger partial charge is 0.387 e. The Morgan fingerprint density at radius 3 is 2.62 bits per heavy atom. The summed E-state index contributed by atoms with van der Waals surface area (Å²) in [6.07, 6.45) is 10.7. The van der Waals surface area contributed by atoms with Crippen LogP contribution in [0.1, 0.15) is 79.4 Å². The van der Waals surface area contributed by atoms with Crippen molar-refractivity contribution >= 4 is 16.9 Å². The van der Waals surface area contributed by atoms with E-state index in [9.17, 15) is 23.5 Å². The van der Waals surface area contributed by atoms with Crippen molar-refractivity contribution in [2.24, 2.45) is 0 Å². The largest absolute Gasteiger partial charge is 0.477 e. The van der Waals surface area contributed by atoms with Gasteiger partial charge in [0.05, 0.1) is 10.9 Å². The Bertz CT molecular complexity index is 1430. The third-order valence-electron chi connectivity index (χ3n) is 7.90. The number of hydrogen-bond donors (Lipinski definition) is 1. The van der Waals surface area contributed by atoms with Crippen LogP contribution in [-0.4, -0.2) is 22.3 Å². The molecule has 3 aromatic rings. The number of benzene rings is 2. The highest BCUT2D eigenvalue weighted by molar-refractivity contribution is 5.97. The van der Waals surface area contributed by atoms with E-state index in [4.69, 9.17) is 4.74 Å². The molecule has 2 aliphatic rings. The van der Waals surface area contributed by atoms with Gasteiger partial charge in [-0.1, -0.05) is 31.2 Å². The first kappa shape index (κ1) is 25.2. The molecule has 0 atom stereocenters. The zero-order valence-electron chi connectivity index (χ0n) is 20.9. The number of carboxylic acid groups (broad SMARTS) is 1. The molecule has 5 nitrogen and oxygen atoms in total. The lowest BCUT2D eigenvalue weighted by atomic mass is 9.85. The number of fused-ring (bicyclic) bond motifs is 1. The Balaban J connectivity index is 1.73. The SMILES string of the molecule is C=CCCCc1cc(-c2ccc3c(=O)c(C(=O)O)cn(C4CC4)c3c2OC(F)F)ccc1C1(CC)CC1. The molecule has 2 fully saturated rings. The van der Waals surface area contributed by atoms with E-state index in [0.717, 1.165) is 56.9 Å². The molecule has 2 aromatic carbocycles. The monoisotopic (exact) mass is 507 g/mol. The van der Waals surface area contributed by atoms with Gasteiger partial charge in [-0.2, -0.15) is 8.78 Å². The van der Waals surface area contributed by atoms with Crippen molar-refractivity contribution in [2.75, 3.05) is 0 Å². The van der Waals surface area contributed by atoms with Gasteiger partial charge in [-0.05, 0) is 85.6 Å². The standard InChI is InChI=1S/C30H31F2NO4/c1-3-5-6-7-19-16-18(8-13-24(19)30(4-2)14-15-30)21-11-12-22-25(27(21)37-29(31)32)33(20-9-10-20)17-23(26(22)34)28(35)36/h3,8,11-13,16-17,20,29H,1,4-7,9-10,14-15H2,2H3,(H,35,36). The summed E-state index contributed by atoms with van der Waals surface area (Å²) in [6.45, 7) is 2.92. The van der Waals surface area contributed by atoms with E-state index in [1.165, 1.54) is 23.4 Å². The molecule has 0 spiro atoms. The van der Waals surface area contributed by atoms with Crippen LogP contribution in [0.15, 0.2) is 54.0 Å². The Hall–Kier alpha value is -3.48. The van der Waals surface area contributed by atoms with Gasteiger partial charge in [0, 0.05) is 17.8 Å². The van der Waals surface area contributed by atoms with E-state index in [1.807, 2.05) is 12.1 Å². The molecule has 0 unspecified atom stereocenters. The number of pyridine rings is 1. The van der Waals surface area contributed by atoms with Crippen LogP contribution in [0.4, 0.5) is 8.78 Å². The molecule has 1 N–H and O–H groups in total. The van der Waals surface area contributed by atoms with Gasteiger partial charge in [-0.15, -0.1) is 6.58 Å². The predicted octanol–water partition coefficient (Wildman–Crippen LogP) is 7.25. The molecule has 0 amide bonds. The molecular formula is C30H31F2NO4. The maximum absolute atomic E-state index is 13.7. The Labute approximate surface area is 214 Å². The fourth-order valence-corrected chi connectivity index (χ4v) is 5.53. The van der Waals surface area contributed by atoms with Crippen LogP contribution >= 0.6 is 0 Å². The number of aromatic carboxylic acids is 1. The lowest BCUT2D eigenvalue weighted by molar-refractivity contribution is -0.0486. The minimum atomic E-state index is -3.10. The third kappa shape index (κ3) is 4.67. The van der Waals surface area contributed by atoms with Crippen molar-refractivity contribution in [1.29, 1.82) is 0 Å². The lowest BCUT2D eigenvalue weighted by Gasteiger charge is -2.21. The van der Waals surface area contributed by atoms with Gasteiger partial charge in [0.1, 0.15) is 5.56 Å². The normalized spacial score (nSPS) is 16.2. The molecule has 1 aromatic heterocycles. The molecule has 2 saturated carbocycles. The zero-order chi connectivity index (χ0) is 26.3. The van der Waals surface area contributed by atoms with Crippen LogP contribution in [0, 0.1) is 0 Å². The molecule has 7 heteroatoms. The third-order valence-corrected chi connectivity index (χ3v) is 7.90. The second-order valence-corrected chi connectivity index (χ2v) is 10.2. The average molecular weight is 508 g/mol. The minimum absolute atomic E-state index is 0.0624. The quantitative estimate of drug-likeness (QED) is 0.219. The van der Waals surface area contributed by atoms with Crippen molar-refractivity contribution in [3.63, 3.8) is 0 Å². The van der Waals surface area contributed by atoms with Crippen molar-refractivity contribution in [1.82, 2.24) is 4.57 Å². The second kappa shape index (κ2) is 9.77. The van der Waals surface area contributed by atoms with Gasteiger partial charge >= 0.3 is 12.6 Å². The summed E-state index contributed by atoms with van der Waals surface area (Å²) in [5.41, 5.74) is 3.04. The Morgan fingerprint density at radius 1 is 1.27 bits per heavy atom. The van der Waals surface area contributed by atoms with Gasteiger partial charge in [0.2, 0.25) is 5.43 Å². The first-order chi connectivity index (χ1) is 17.8. The number of alkyl halides is 2. The maximum atomic E-state index is 13.7. The molecule has 194 valence electrons. The highest BCUT2D eigenvalue weighted by Crippen LogP contribution is 2.53.